The fourth-order valence-electron chi connectivity index (χ4n) is 1.45. The van der Waals surface area contributed by atoms with E-state index < -0.39 is 33.6 Å². The van der Waals surface area contributed by atoms with Gasteiger partial charge in [-0.2, -0.15) is 5.48 Å². The summed E-state index contributed by atoms with van der Waals surface area (Å²) >= 11 is 0. The summed E-state index contributed by atoms with van der Waals surface area (Å²) < 4.78 is 29.0. The van der Waals surface area contributed by atoms with Crippen molar-refractivity contribution in [3.63, 3.8) is 0 Å². The lowest BCUT2D eigenvalue weighted by Crippen LogP contribution is -2.36. The zero-order chi connectivity index (χ0) is 17.0. The van der Waals surface area contributed by atoms with Crippen molar-refractivity contribution in [2.24, 2.45) is 0 Å². The molecule has 22 heavy (non-hydrogen) atoms. The molecule has 124 valence electrons. The average molecular weight is 331 g/mol. The van der Waals surface area contributed by atoms with Crippen molar-refractivity contribution >= 4 is 15.9 Å². The molecule has 1 aromatic carbocycles. The van der Waals surface area contributed by atoms with Crippen LogP contribution in [0.1, 0.15) is 26.3 Å². The zero-order valence-corrected chi connectivity index (χ0v) is 13.8. The quantitative estimate of drug-likeness (QED) is 0.794. The molecule has 0 aliphatic rings. The van der Waals surface area contributed by atoms with Gasteiger partial charge in [-0.05, 0) is 39.8 Å². The second-order valence-electron chi connectivity index (χ2n) is 5.73. The van der Waals surface area contributed by atoms with E-state index in [-0.39, 0.29) is 4.90 Å². The highest BCUT2D eigenvalue weighted by molar-refractivity contribution is 7.91. The lowest BCUT2D eigenvalue weighted by Gasteiger charge is -2.19. The Labute approximate surface area is 130 Å². The summed E-state index contributed by atoms with van der Waals surface area (Å²) in [6, 6.07) is 6.04. The molecule has 1 aromatic rings. The Morgan fingerprint density at radius 2 is 1.82 bits per heavy atom. The maximum absolute atomic E-state index is 12.1. The van der Waals surface area contributed by atoms with Gasteiger partial charge in [0.2, 0.25) is 9.84 Å². The first-order valence-electron chi connectivity index (χ1n) is 6.62. The molecule has 0 saturated heterocycles. The maximum Gasteiger partial charge on any atom is 0.431 e. The van der Waals surface area contributed by atoms with E-state index in [0.717, 1.165) is 5.56 Å². The van der Waals surface area contributed by atoms with Crippen LogP contribution < -0.4 is 5.48 Å². The third-order valence-electron chi connectivity index (χ3n) is 2.49. The molecule has 0 spiro atoms. The smallest absolute Gasteiger partial charge is 0.431 e. The molecule has 1 amide bonds. The number of rotatable bonds is 5. The first kappa shape index (κ1) is 18.4. The lowest BCUT2D eigenvalue weighted by molar-refractivity contribution is -0.0222. The summed E-state index contributed by atoms with van der Waals surface area (Å²) in [5.74, 6) is 0. The van der Waals surface area contributed by atoms with Crippen molar-refractivity contribution in [1.82, 2.24) is 5.48 Å². The van der Waals surface area contributed by atoms with Gasteiger partial charge >= 0.3 is 6.09 Å². The minimum atomic E-state index is -3.95. The van der Waals surface area contributed by atoms with Gasteiger partial charge in [0.25, 0.3) is 0 Å². The molecule has 1 atom stereocenters. The number of aryl methyl sites for hydroxylation is 1. The molecule has 1 rings (SSSR count). The third kappa shape index (κ3) is 5.63. The first-order chi connectivity index (χ1) is 10.0. The van der Waals surface area contributed by atoms with Gasteiger partial charge in [-0.25, -0.2) is 13.2 Å². The monoisotopic (exact) mass is 331 g/mol. The number of hydroxylamine groups is 1. The highest BCUT2D eigenvalue weighted by Gasteiger charge is 2.26. The Kier molecular flexibility index (Phi) is 5.92. The minimum Gasteiger partial charge on any atom is -0.442 e. The van der Waals surface area contributed by atoms with Crippen molar-refractivity contribution in [2.75, 3.05) is 6.61 Å². The Morgan fingerprint density at radius 1 is 1.27 bits per heavy atom. The molecule has 2 N–H and O–H groups in total. The van der Waals surface area contributed by atoms with Crippen LogP contribution in [0.25, 0.3) is 0 Å². The second kappa shape index (κ2) is 7.08. The van der Waals surface area contributed by atoms with Crippen molar-refractivity contribution in [3.8, 4) is 0 Å². The van der Waals surface area contributed by atoms with Crippen molar-refractivity contribution in [1.29, 1.82) is 0 Å². The standard InChI is InChI=1S/C14H21NO6S/c1-10-5-7-11(8-6-10)22(18,19)12(16)9-20-15-13(17)21-14(2,3)4/h5-8,12,16H,9H2,1-4H3,(H,15,17). The molecule has 0 aliphatic heterocycles. The van der Waals surface area contributed by atoms with Crippen molar-refractivity contribution in [3.05, 3.63) is 29.8 Å². The lowest BCUT2D eigenvalue weighted by atomic mass is 10.2. The van der Waals surface area contributed by atoms with Crippen LogP contribution >= 0.6 is 0 Å². The minimum absolute atomic E-state index is 0.0218. The molecule has 0 fully saturated rings. The molecule has 0 bridgehead atoms. The number of carbonyl (C=O) groups excluding carboxylic acids is 1. The number of ether oxygens (including phenoxy) is 1. The Balaban J connectivity index is 2.56. The molecule has 8 heteroatoms. The molecule has 0 aliphatic carbocycles. The summed E-state index contributed by atoms with van der Waals surface area (Å²) in [4.78, 5) is 16.0. The van der Waals surface area contributed by atoms with E-state index in [9.17, 15) is 18.3 Å². The van der Waals surface area contributed by atoms with Gasteiger partial charge in [0.15, 0.2) is 5.44 Å². The topological polar surface area (TPSA) is 102 Å². The summed E-state index contributed by atoms with van der Waals surface area (Å²) in [5.41, 5.74) is 0.307. The molecule has 0 heterocycles. The van der Waals surface area contributed by atoms with E-state index >= 15 is 0 Å². The van der Waals surface area contributed by atoms with E-state index in [1.807, 2.05) is 12.4 Å². The van der Waals surface area contributed by atoms with Gasteiger partial charge in [0, 0.05) is 0 Å². The van der Waals surface area contributed by atoms with E-state index in [4.69, 9.17) is 4.74 Å². The maximum atomic E-state index is 12.1. The first-order valence-corrected chi connectivity index (χ1v) is 8.16. The van der Waals surface area contributed by atoms with Crippen LogP contribution in [0, 0.1) is 6.92 Å². The number of benzene rings is 1. The van der Waals surface area contributed by atoms with Crippen LogP contribution in [0.2, 0.25) is 0 Å². The van der Waals surface area contributed by atoms with Gasteiger partial charge in [-0.1, -0.05) is 17.7 Å². The molecule has 0 saturated carbocycles. The fraction of sp³-hybridized carbons (Fsp3) is 0.500. The number of amides is 1. The van der Waals surface area contributed by atoms with Crippen LogP contribution in [0.4, 0.5) is 4.79 Å². The summed E-state index contributed by atoms with van der Waals surface area (Å²) in [6.07, 6.45) is -0.868. The molecule has 0 aromatic heterocycles. The number of aliphatic hydroxyl groups is 1. The largest absolute Gasteiger partial charge is 0.442 e. The van der Waals surface area contributed by atoms with Crippen LogP contribution in [0.5, 0.6) is 0 Å². The normalized spacial score (nSPS) is 13.5. The van der Waals surface area contributed by atoms with E-state index in [2.05, 4.69) is 4.84 Å². The molecular weight excluding hydrogens is 310 g/mol. The SMILES string of the molecule is Cc1ccc(S(=O)(=O)C(O)CONC(=O)OC(C)(C)C)cc1. The van der Waals surface area contributed by atoms with Gasteiger partial charge in [0.05, 0.1) is 4.90 Å². The molecular formula is C14H21NO6S. The highest BCUT2D eigenvalue weighted by atomic mass is 32.2. The molecule has 7 nitrogen and oxygen atoms in total. The fourth-order valence-corrected chi connectivity index (χ4v) is 2.52. The summed E-state index contributed by atoms with van der Waals surface area (Å²) in [5, 5.41) is 9.74. The predicted octanol–water partition coefficient (Wildman–Crippen LogP) is 1.54. The zero-order valence-electron chi connectivity index (χ0n) is 13.0. The van der Waals surface area contributed by atoms with Crippen LogP contribution in [-0.4, -0.2) is 37.3 Å². The molecule has 1 unspecified atom stereocenters. The number of hydrogen-bond donors (Lipinski definition) is 2. The number of aliphatic hydroxyl groups excluding tert-OH is 1. The predicted molar refractivity (Wildman–Crippen MR) is 79.7 cm³/mol. The van der Waals surface area contributed by atoms with E-state index in [0.29, 0.717) is 0 Å². The third-order valence-corrected chi connectivity index (χ3v) is 4.27. The van der Waals surface area contributed by atoms with E-state index in [1.165, 1.54) is 12.1 Å². The Morgan fingerprint density at radius 3 is 2.32 bits per heavy atom. The van der Waals surface area contributed by atoms with Crippen LogP contribution in [-0.2, 0) is 19.4 Å². The van der Waals surface area contributed by atoms with Gasteiger partial charge in [0.1, 0.15) is 12.2 Å². The summed E-state index contributed by atoms with van der Waals surface area (Å²) in [7, 11) is -3.95. The number of nitrogens with one attached hydrogen (secondary N) is 1. The molecule has 0 radical (unpaired) electrons. The van der Waals surface area contributed by atoms with Gasteiger partial charge in [-0.15, -0.1) is 0 Å². The average Bonchev–Trinajstić information content (AvgIpc) is 2.36. The van der Waals surface area contributed by atoms with Crippen molar-refractivity contribution in [2.45, 2.75) is 43.6 Å². The second-order valence-corrected chi connectivity index (χ2v) is 7.83. The number of sulfone groups is 1. The van der Waals surface area contributed by atoms with Crippen LogP contribution in [0.3, 0.4) is 0 Å². The van der Waals surface area contributed by atoms with Crippen LogP contribution in [0.15, 0.2) is 29.2 Å². The Hall–Kier alpha value is -1.64. The number of carbonyl (C=O) groups is 1. The van der Waals surface area contributed by atoms with Gasteiger partial charge < -0.3 is 9.84 Å². The number of hydrogen-bond acceptors (Lipinski definition) is 6. The van der Waals surface area contributed by atoms with E-state index in [1.54, 1.807) is 32.9 Å². The highest BCUT2D eigenvalue weighted by Crippen LogP contribution is 2.15. The van der Waals surface area contributed by atoms with Gasteiger partial charge in [-0.3, -0.25) is 4.84 Å². The Bertz CT molecular complexity index is 603. The van der Waals surface area contributed by atoms with Crippen molar-refractivity contribution < 1.29 is 27.9 Å². The summed E-state index contributed by atoms with van der Waals surface area (Å²) in [6.45, 7) is 6.21.